The van der Waals surface area contributed by atoms with Crippen LogP contribution in [0.25, 0.3) is 0 Å². The molecule has 0 unspecified atom stereocenters. The highest BCUT2D eigenvalue weighted by Gasteiger charge is 2.20. The molecule has 1 amide bonds. The van der Waals surface area contributed by atoms with Crippen LogP contribution in [0.15, 0.2) is 18.2 Å². The van der Waals surface area contributed by atoms with Crippen LogP contribution in [0.2, 0.25) is 0 Å². The molecule has 3 N–H and O–H groups in total. The first-order valence-corrected chi connectivity index (χ1v) is 7.09. The lowest BCUT2D eigenvalue weighted by molar-refractivity contribution is 0.0911. The van der Waals surface area contributed by atoms with Crippen LogP contribution in [-0.4, -0.2) is 43.0 Å². The van der Waals surface area contributed by atoms with Crippen LogP contribution in [0, 0.1) is 12.7 Å². The van der Waals surface area contributed by atoms with Gasteiger partial charge in [-0.15, -0.1) is 0 Å². The molecule has 0 spiro atoms. The number of amides is 1. The van der Waals surface area contributed by atoms with E-state index in [0.29, 0.717) is 17.7 Å². The van der Waals surface area contributed by atoms with Crippen molar-refractivity contribution >= 4 is 5.91 Å². The van der Waals surface area contributed by atoms with Gasteiger partial charge in [-0.1, -0.05) is 6.07 Å². The van der Waals surface area contributed by atoms with E-state index < -0.39 is 0 Å². The second-order valence-electron chi connectivity index (χ2n) is 5.34. The number of aryl methyl sites for hydroxylation is 1. The summed E-state index contributed by atoms with van der Waals surface area (Å²) in [4.78, 5) is 14.4. The van der Waals surface area contributed by atoms with Crippen molar-refractivity contribution in [1.82, 2.24) is 10.2 Å². The number of nitrogens with one attached hydrogen (secondary N) is 1. The van der Waals surface area contributed by atoms with Crippen LogP contribution in [0.4, 0.5) is 4.39 Å². The van der Waals surface area contributed by atoms with Crippen LogP contribution in [0.5, 0.6) is 0 Å². The zero-order valence-electron chi connectivity index (χ0n) is 11.9. The highest BCUT2D eigenvalue weighted by Crippen LogP contribution is 2.12. The van der Waals surface area contributed by atoms with Crippen molar-refractivity contribution in [3.8, 4) is 0 Å². The molecule has 1 aromatic rings. The lowest BCUT2D eigenvalue weighted by atomic mass is 10.0. The fourth-order valence-electron chi connectivity index (χ4n) is 2.49. The maximum atomic E-state index is 13.5. The van der Waals surface area contributed by atoms with Gasteiger partial charge >= 0.3 is 0 Å². The number of benzene rings is 1. The molecular formula is C15H22FN3O. The summed E-state index contributed by atoms with van der Waals surface area (Å²) in [6.07, 6.45) is 1.83. The van der Waals surface area contributed by atoms with Gasteiger partial charge in [-0.05, 0) is 37.5 Å². The number of hydrogen-bond acceptors (Lipinski definition) is 3. The number of nitrogens with zero attached hydrogens (tertiary/aromatic N) is 1. The van der Waals surface area contributed by atoms with Crippen LogP contribution in [0.1, 0.15) is 28.8 Å². The summed E-state index contributed by atoms with van der Waals surface area (Å²) in [5.41, 5.74) is 6.47. The molecule has 5 heteroatoms. The minimum absolute atomic E-state index is 0.167. The topological polar surface area (TPSA) is 58.4 Å². The monoisotopic (exact) mass is 279 g/mol. The van der Waals surface area contributed by atoms with E-state index in [1.165, 1.54) is 6.07 Å². The van der Waals surface area contributed by atoms with Crippen LogP contribution in [0.3, 0.4) is 0 Å². The number of piperidine rings is 1. The van der Waals surface area contributed by atoms with Crippen LogP contribution < -0.4 is 11.1 Å². The number of nitrogens with two attached hydrogens (primary N) is 1. The van der Waals surface area contributed by atoms with Gasteiger partial charge in [-0.2, -0.15) is 0 Å². The van der Waals surface area contributed by atoms with Gasteiger partial charge in [0.1, 0.15) is 5.82 Å². The smallest absolute Gasteiger partial charge is 0.251 e. The maximum Gasteiger partial charge on any atom is 0.251 e. The first kappa shape index (κ1) is 14.9. The summed E-state index contributed by atoms with van der Waals surface area (Å²) in [7, 11) is 0. The molecule has 1 saturated heterocycles. The summed E-state index contributed by atoms with van der Waals surface area (Å²) >= 11 is 0. The summed E-state index contributed by atoms with van der Waals surface area (Å²) in [6, 6.07) is 4.76. The second kappa shape index (κ2) is 6.81. The Balaban J connectivity index is 1.87. The Hall–Kier alpha value is -1.46. The van der Waals surface area contributed by atoms with E-state index in [1.807, 2.05) is 0 Å². The molecular weight excluding hydrogens is 257 g/mol. The molecule has 2 rings (SSSR count). The largest absolute Gasteiger partial charge is 0.349 e. The highest BCUT2D eigenvalue weighted by molar-refractivity contribution is 5.94. The molecule has 0 atom stereocenters. The summed E-state index contributed by atoms with van der Waals surface area (Å²) in [5.74, 6) is -0.531. The van der Waals surface area contributed by atoms with Crippen LogP contribution >= 0.6 is 0 Å². The standard InChI is InChI=1S/C15H22FN3O/c1-11-2-3-12(10-14(11)16)15(20)18-13-4-7-19(8-5-13)9-6-17/h2-3,10,13H,4-9,17H2,1H3,(H,18,20). The number of rotatable bonds is 4. The predicted octanol–water partition coefficient (Wildman–Crippen LogP) is 1.29. The van der Waals surface area contributed by atoms with Crippen molar-refractivity contribution in [1.29, 1.82) is 0 Å². The van der Waals surface area contributed by atoms with Gasteiger partial charge in [0.2, 0.25) is 0 Å². The van der Waals surface area contributed by atoms with Gasteiger partial charge in [0.25, 0.3) is 5.91 Å². The Labute approximate surface area is 119 Å². The Morgan fingerprint density at radius 3 is 2.75 bits per heavy atom. The maximum absolute atomic E-state index is 13.5. The Bertz CT molecular complexity index is 470. The van der Waals surface area contributed by atoms with Gasteiger partial charge in [-0.25, -0.2) is 4.39 Å². The number of carbonyl (C=O) groups is 1. The van der Waals surface area contributed by atoms with E-state index in [2.05, 4.69) is 10.2 Å². The van der Waals surface area contributed by atoms with Gasteiger partial charge in [0.15, 0.2) is 0 Å². The Kier molecular flexibility index (Phi) is 5.09. The number of likely N-dealkylation sites (tertiary alicyclic amines) is 1. The van der Waals surface area contributed by atoms with E-state index in [4.69, 9.17) is 5.73 Å². The van der Waals surface area contributed by atoms with E-state index in [-0.39, 0.29) is 17.8 Å². The molecule has 0 bridgehead atoms. The van der Waals surface area contributed by atoms with Crippen molar-refractivity contribution in [2.45, 2.75) is 25.8 Å². The molecule has 0 saturated carbocycles. The van der Waals surface area contributed by atoms with E-state index in [1.54, 1.807) is 19.1 Å². The SMILES string of the molecule is Cc1ccc(C(=O)NC2CCN(CCN)CC2)cc1F. The van der Waals surface area contributed by atoms with Crippen molar-refractivity contribution < 1.29 is 9.18 Å². The zero-order chi connectivity index (χ0) is 14.5. The normalized spacial score (nSPS) is 17.1. The van der Waals surface area contributed by atoms with Crippen molar-refractivity contribution in [2.75, 3.05) is 26.2 Å². The molecule has 0 aromatic heterocycles. The highest BCUT2D eigenvalue weighted by atomic mass is 19.1. The Morgan fingerprint density at radius 2 is 2.15 bits per heavy atom. The molecule has 1 fully saturated rings. The van der Waals surface area contributed by atoms with Gasteiger partial charge in [0.05, 0.1) is 0 Å². The molecule has 110 valence electrons. The van der Waals surface area contributed by atoms with Crippen molar-refractivity contribution in [2.24, 2.45) is 5.73 Å². The van der Waals surface area contributed by atoms with Gasteiger partial charge in [-0.3, -0.25) is 4.79 Å². The van der Waals surface area contributed by atoms with Gasteiger partial charge in [0, 0.05) is 37.8 Å². The molecule has 1 aliphatic heterocycles. The zero-order valence-corrected chi connectivity index (χ0v) is 11.9. The summed E-state index contributed by atoms with van der Waals surface area (Å²) in [6.45, 7) is 5.16. The lowest BCUT2D eigenvalue weighted by Gasteiger charge is -2.32. The summed E-state index contributed by atoms with van der Waals surface area (Å²) < 4.78 is 13.5. The third kappa shape index (κ3) is 3.77. The minimum atomic E-state index is -0.338. The average molecular weight is 279 g/mol. The second-order valence-corrected chi connectivity index (χ2v) is 5.34. The third-order valence-electron chi connectivity index (χ3n) is 3.80. The van der Waals surface area contributed by atoms with E-state index in [0.717, 1.165) is 32.5 Å². The number of halogens is 1. The third-order valence-corrected chi connectivity index (χ3v) is 3.80. The average Bonchev–Trinajstić information content (AvgIpc) is 2.44. The molecule has 0 radical (unpaired) electrons. The molecule has 4 nitrogen and oxygen atoms in total. The van der Waals surface area contributed by atoms with Crippen molar-refractivity contribution in [3.63, 3.8) is 0 Å². The Morgan fingerprint density at radius 1 is 1.45 bits per heavy atom. The number of carbonyl (C=O) groups excluding carboxylic acids is 1. The first-order chi connectivity index (χ1) is 9.60. The first-order valence-electron chi connectivity index (χ1n) is 7.09. The minimum Gasteiger partial charge on any atom is -0.349 e. The molecule has 20 heavy (non-hydrogen) atoms. The van der Waals surface area contributed by atoms with Crippen molar-refractivity contribution in [3.05, 3.63) is 35.1 Å². The van der Waals surface area contributed by atoms with Gasteiger partial charge < -0.3 is 16.0 Å². The van der Waals surface area contributed by atoms with Crippen LogP contribution in [-0.2, 0) is 0 Å². The quantitative estimate of drug-likeness (QED) is 0.873. The lowest BCUT2D eigenvalue weighted by Crippen LogP contribution is -2.45. The molecule has 1 aromatic carbocycles. The predicted molar refractivity (Wildman–Crippen MR) is 77.1 cm³/mol. The molecule has 0 aliphatic carbocycles. The number of hydrogen-bond donors (Lipinski definition) is 2. The fourth-order valence-corrected chi connectivity index (χ4v) is 2.49. The summed E-state index contributed by atoms with van der Waals surface area (Å²) in [5, 5.41) is 2.98. The van der Waals surface area contributed by atoms with E-state index >= 15 is 0 Å². The molecule has 1 aliphatic rings. The fraction of sp³-hybridized carbons (Fsp3) is 0.533. The molecule has 1 heterocycles. The van der Waals surface area contributed by atoms with E-state index in [9.17, 15) is 9.18 Å².